The monoisotopic (exact) mass is 229 g/mol. The second-order valence-electron chi connectivity index (χ2n) is 4.30. The van der Waals surface area contributed by atoms with Crippen LogP contribution in [0.25, 0.3) is 0 Å². The molecule has 0 aromatic carbocycles. The number of likely N-dealkylation sites (tertiary alicyclic amines) is 1. The molecular formula is C11H23N3O2. The van der Waals surface area contributed by atoms with E-state index in [4.69, 9.17) is 10.5 Å². The number of ether oxygens (including phenoxy) is 1. The molecule has 0 bridgehead atoms. The first-order valence-electron chi connectivity index (χ1n) is 5.94. The van der Waals surface area contributed by atoms with Crippen LogP contribution in [0, 0.1) is 5.92 Å². The van der Waals surface area contributed by atoms with Crippen LogP contribution in [0.3, 0.4) is 0 Å². The van der Waals surface area contributed by atoms with Gasteiger partial charge >= 0.3 is 0 Å². The second kappa shape index (κ2) is 7.60. The molecule has 1 fully saturated rings. The Morgan fingerprint density at radius 1 is 1.50 bits per heavy atom. The van der Waals surface area contributed by atoms with E-state index in [1.807, 2.05) is 0 Å². The highest BCUT2D eigenvalue weighted by Gasteiger charge is 2.19. The van der Waals surface area contributed by atoms with Crippen LogP contribution in [0.2, 0.25) is 0 Å². The SMILES string of the molecule is COCCNC(=O)CN1CCC(CN)CC1. The first kappa shape index (κ1) is 13.4. The highest BCUT2D eigenvalue weighted by molar-refractivity contribution is 5.77. The molecule has 1 aliphatic rings. The summed E-state index contributed by atoms with van der Waals surface area (Å²) >= 11 is 0. The van der Waals surface area contributed by atoms with Crippen LogP contribution in [0.4, 0.5) is 0 Å². The number of nitrogens with two attached hydrogens (primary N) is 1. The number of carbonyl (C=O) groups excluding carboxylic acids is 1. The van der Waals surface area contributed by atoms with Gasteiger partial charge in [-0.3, -0.25) is 9.69 Å². The van der Waals surface area contributed by atoms with E-state index in [9.17, 15) is 4.79 Å². The molecule has 0 aromatic rings. The van der Waals surface area contributed by atoms with E-state index in [0.717, 1.165) is 32.5 Å². The fraction of sp³-hybridized carbons (Fsp3) is 0.909. The Bertz CT molecular complexity index is 203. The summed E-state index contributed by atoms with van der Waals surface area (Å²) in [5.41, 5.74) is 5.62. The highest BCUT2D eigenvalue weighted by atomic mass is 16.5. The molecular weight excluding hydrogens is 206 g/mol. The summed E-state index contributed by atoms with van der Waals surface area (Å²) in [5, 5.41) is 2.83. The van der Waals surface area contributed by atoms with Gasteiger partial charge in [0.15, 0.2) is 0 Å². The molecule has 1 aliphatic heterocycles. The van der Waals surface area contributed by atoms with Crippen LogP contribution < -0.4 is 11.1 Å². The summed E-state index contributed by atoms with van der Waals surface area (Å²) in [5.74, 6) is 0.732. The van der Waals surface area contributed by atoms with Crippen LogP contribution in [-0.2, 0) is 9.53 Å². The molecule has 1 saturated heterocycles. The number of nitrogens with one attached hydrogen (secondary N) is 1. The van der Waals surface area contributed by atoms with E-state index >= 15 is 0 Å². The van der Waals surface area contributed by atoms with E-state index < -0.39 is 0 Å². The fourth-order valence-electron chi connectivity index (χ4n) is 1.93. The zero-order valence-electron chi connectivity index (χ0n) is 10.1. The van der Waals surface area contributed by atoms with E-state index in [-0.39, 0.29) is 5.91 Å². The van der Waals surface area contributed by atoms with E-state index in [1.54, 1.807) is 7.11 Å². The lowest BCUT2D eigenvalue weighted by Gasteiger charge is -2.30. The maximum atomic E-state index is 11.5. The molecule has 0 aromatic heterocycles. The molecule has 0 aliphatic carbocycles. The summed E-state index contributed by atoms with van der Waals surface area (Å²) in [4.78, 5) is 13.7. The first-order valence-corrected chi connectivity index (χ1v) is 5.94. The van der Waals surface area contributed by atoms with E-state index in [0.29, 0.717) is 25.6 Å². The van der Waals surface area contributed by atoms with Gasteiger partial charge in [0.2, 0.25) is 5.91 Å². The third kappa shape index (κ3) is 4.92. The Labute approximate surface area is 97.3 Å². The summed E-state index contributed by atoms with van der Waals surface area (Å²) < 4.78 is 4.87. The van der Waals surface area contributed by atoms with Crippen molar-refractivity contribution < 1.29 is 9.53 Å². The van der Waals surface area contributed by atoms with Crippen molar-refractivity contribution in [1.82, 2.24) is 10.2 Å². The molecule has 1 amide bonds. The lowest BCUT2D eigenvalue weighted by atomic mass is 9.97. The molecule has 1 heterocycles. The molecule has 1 rings (SSSR count). The number of amides is 1. The van der Waals surface area contributed by atoms with Crippen LogP contribution in [0.5, 0.6) is 0 Å². The molecule has 5 heteroatoms. The van der Waals surface area contributed by atoms with Gasteiger partial charge in [-0.05, 0) is 38.4 Å². The minimum absolute atomic E-state index is 0.0863. The molecule has 0 atom stereocenters. The molecule has 0 unspecified atom stereocenters. The summed E-state index contributed by atoms with van der Waals surface area (Å²) in [6.07, 6.45) is 2.23. The van der Waals surface area contributed by atoms with Gasteiger partial charge in [-0.25, -0.2) is 0 Å². The Kier molecular flexibility index (Phi) is 6.37. The van der Waals surface area contributed by atoms with Crippen LogP contribution in [0.1, 0.15) is 12.8 Å². The van der Waals surface area contributed by atoms with Crippen molar-refractivity contribution in [3.63, 3.8) is 0 Å². The van der Waals surface area contributed by atoms with E-state index in [1.165, 1.54) is 0 Å². The topological polar surface area (TPSA) is 67.6 Å². The average Bonchev–Trinajstić information content (AvgIpc) is 2.30. The van der Waals surface area contributed by atoms with Crippen LogP contribution >= 0.6 is 0 Å². The second-order valence-corrected chi connectivity index (χ2v) is 4.30. The van der Waals surface area contributed by atoms with Crippen molar-refractivity contribution >= 4 is 5.91 Å². The predicted molar refractivity (Wildman–Crippen MR) is 63.1 cm³/mol. The number of carbonyl (C=O) groups is 1. The van der Waals surface area contributed by atoms with Crippen LogP contribution in [0.15, 0.2) is 0 Å². The smallest absolute Gasteiger partial charge is 0.234 e. The van der Waals surface area contributed by atoms with Crippen molar-refractivity contribution in [3.05, 3.63) is 0 Å². The van der Waals surface area contributed by atoms with Gasteiger partial charge in [0.05, 0.1) is 13.2 Å². The Balaban J connectivity index is 2.10. The Morgan fingerprint density at radius 3 is 2.75 bits per heavy atom. The zero-order valence-corrected chi connectivity index (χ0v) is 10.1. The molecule has 5 nitrogen and oxygen atoms in total. The largest absolute Gasteiger partial charge is 0.383 e. The quantitative estimate of drug-likeness (QED) is 0.598. The molecule has 16 heavy (non-hydrogen) atoms. The van der Waals surface area contributed by atoms with Crippen LogP contribution in [-0.4, -0.2) is 57.2 Å². The predicted octanol–water partition coefficient (Wildman–Crippen LogP) is -0.580. The van der Waals surface area contributed by atoms with Crippen molar-refractivity contribution in [3.8, 4) is 0 Å². The van der Waals surface area contributed by atoms with Gasteiger partial charge in [0.25, 0.3) is 0 Å². The minimum atomic E-state index is 0.0863. The maximum Gasteiger partial charge on any atom is 0.234 e. The summed E-state index contributed by atoms with van der Waals surface area (Å²) in [6, 6.07) is 0. The molecule has 3 N–H and O–H groups in total. The Hall–Kier alpha value is -0.650. The van der Waals surface area contributed by atoms with Crippen molar-refractivity contribution in [2.45, 2.75) is 12.8 Å². The number of rotatable bonds is 6. The van der Waals surface area contributed by atoms with Crippen molar-refractivity contribution in [2.75, 3.05) is 46.4 Å². The lowest BCUT2D eigenvalue weighted by Crippen LogP contribution is -2.43. The third-order valence-electron chi connectivity index (χ3n) is 3.04. The number of methoxy groups -OCH3 is 1. The summed E-state index contributed by atoms with van der Waals surface area (Å²) in [7, 11) is 1.63. The third-order valence-corrected chi connectivity index (χ3v) is 3.04. The standard InChI is InChI=1S/C11H23N3O2/c1-16-7-4-13-11(15)9-14-5-2-10(8-12)3-6-14/h10H,2-9,12H2,1H3,(H,13,15). The molecule has 0 radical (unpaired) electrons. The van der Waals surface area contributed by atoms with E-state index in [2.05, 4.69) is 10.2 Å². The number of hydrogen-bond acceptors (Lipinski definition) is 4. The average molecular weight is 229 g/mol. The first-order chi connectivity index (χ1) is 7.76. The normalized spacial score (nSPS) is 18.6. The zero-order chi connectivity index (χ0) is 11.8. The molecule has 0 saturated carbocycles. The van der Waals surface area contributed by atoms with Gasteiger partial charge in [-0.1, -0.05) is 0 Å². The van der Waals surface area contributed by atoms with Gasteiger partial charge in [-0.15, -0.1) is 0 Å². The van der Waals surface area contributed by atoms with Crippen molar-refractivity contribution in [1.29, 1.82) is 0 Å². The van der Waals surface area contributed by atoms with Gasteiger partial charge in [0, 0.05) is 13.7 Å². The maximum absolute atomic E-state index is 11.5. The molecule has 0 spiro atoms. The van der Waals surface area contributed by atoms with Gasteiger partial charge < -0.3 is 15.8 Å². The van der Waals surface area contributed by atoms with Crippen molar-refractivity contribution in [2.24, 2.45) is 11.7 Å². The number of hydrogen-bond donors (Lipinski definition) is 2. The minimum Gasteiger partial charge on any atom is -0.383 e. The van der Waals surface area contributed by atoms with Gasteiger partial charge in [-0.2, -0.15) is 0 Å². The molecule has 94 valence electrons. The Morgan fingerprint density at radius 2 is 2.19 bits per heavy atom. The number of nitrogens with zero attached hydrogens (tertiary/aromatic N) is 1. The lowest BCUT2D eigenvalue weighted by molar-refractivity contribution is -0.122. The highest BCUT2D eigenvalue weighted by Crippen LogP contribution is 2.14. The van der Waals surface area contributed by atoms with Gasteiger partial charge in [0.1, 0.15) is 0 Å². The summed E-state index contributed by atoms with van der Waals surface area (Å²) in [6.45, 7) is 4.41. The number of piperidine rings is 1. The fourth-order valence-corrected chi connectivity index (χ4v) is 1.93.